The van der Waals surface area contributed by atoms with Gasteiger partial charge in [-0.05, 0) is 19.0 Å². The van der Waals surface area contributed by atoms with E-state index in [1.807, 2.05) is 0 Å². The number of rotatable bonds is 3. The lowest BCUT2D eigenvalue weighted by Crippen LogP contribution is -2.52. The first kappa shape index (κ1) is 11.7. The van der Waals surface area contributed by atoms with Gasteiger partial charge in [0.1, 0.15) is 6.04 Å². The number of carboxylic acid groups (broad SMARTS) is 1. The van der Waals surface area contributed by atoms with Crippen molar-refractivity contribution in [2.75, 3.05) is 31.1 Å². The van der Waals surface area contributed by atoms with Crippen molar-refractivity contribution < 1.29 is 14.7 Å². The zero-order valence-corrected chi connectivity index (χ0v) is 9.83. The van der Waals surface area contributed by atoms with Crippen molar-refractivity contribution in [1.29, 1.82) is 0 Å². The Balaban J connectivity index is 1.93. The number of hydrogen-bond donors (Lipinski definition) is 2. The van der Waals surface area contributed by atoms with E-state index in [-0.39, 0.29) is 5.91 Å². The monoisotopic (exact) mass is 244 g/mol. The molecule has 0 aromatic heterocycles. The molecule has 2 aliphatic heterocycles. The third-order valence-electron chi connectivity index (χ3n) is 3.06. The van der Waals surface area contributed by atoms with E-state index in [1.165, 1.54) is 4.90 Å². The molecule has 6 heteroatoms. The highest BCUT2D eigenvalue weighted by Gasteiger charge is 2.33. The summed E-state index contributed by atoms with van der Waals surface area (Å²) in [5, 5.41) is 12.2. The standard InChI is InChI=1S/C10H16N2O3S/c13-9(3-7-4-11-5-7)12-1-2-16-6-8(12)10(14)15/h7-8,11H,1-6H2,(H,14,15). The fourth-order valence-corrected chi connectivity index (χ4v) is 3.00. The van der Waals surface area contributed by atoms with Crippen molar-refractivity contribution in [3.63, 3.8) is 0 Å². The molecule has 2 fully saturated rings. The SMILES string of the molecule is O=C(O)C1CSCCN1C(=O)CC1CNC1. The van der Waals surface area contributed by atoms with E-state index in [0.29, 0.717) is 24.6 Å². The zero-order chi connectivity index (χ0) is 11.5. The molecule has 2 N–H and O–H groups in total. The van der Waals surface area contributed by atoms with Crippen molar-refractivity contribution in [1.82, 2.24) is 10.2 Å². The number of carboxylic acids is 1. The molecule has 1 amide bonds. The highest BCUT2D eigenvalue weighted by Crippen LogP contribution is 2.19. The molecule has 2 saturated heterocycles. The molecule has 90 valence electrons. The van der Waals surface area contributed by atoms with Crippen molar-refractivity contribution in [3.05, 3.63) is 0 Å². The number of carbonyl (C=O) groups is 2. The lowest BCUT2D eigenvalue weighted by molar-refractivity contribution is -0.149. The summed E-state index contributed by atoms with van der Waals surface area (Å²) in [6.45, 7) is 2.33. The first-order valence-electron chi connectivity index (χ1n) is 5.49. The highest BCUT2D eigenvalue weighted by molar-refractivity contribution is 7.99. The molecule has 1 unspecified atom stereocenters. The molecule has 0 spiro atoms. The maximum Gasteiger partial charge on any atom is 0.327 e. The minimum atomic E-state index is -0.882. The van der Waals surface area contributed by atoms with Gasteiger partial charge in [-0.1, -0.05) is 0 Å². The molecule has 2 heterocycles. The summed E-state index contributed by atoms with van der Waals surface area (Å²) < 4.78 is 0. The molecular weight excluding hydrogens is 228 g/mol. The van der Waals surface area contributed by atoms with Gasteiger partial charge < -0.3 is 15.3 Å². The summed E-state index contributed by atoms with van der Waals surface area (Å²) in [4.78, 5) is 24.5. The molecule has 0 aromatic carbocycles. The Labute approximate surface area is 98.6 Å². The third-order valence-corrected chi connectivity index (χ3v) is 4.09. The Morgan fingerprint density at radius 3 is 2.75 bits per heavy atom. The lowest BCUT2D eigenvalue weighted by Gasteiger charge is -2.35. The Kier molecular flexibility index (Phi) is 3.70. The van der Waals surface area contributed by atoms with Crippen LogP contribution >= 0.6 is 11.8 Å². The number of thioether (sulfide) groups is 1. The largest absolute Gasteiger partial charge is 0.480 e. The molecule has 16 heavy (non-hydrogen) atoms. The number of hydrogen-bond acceptors (Lipinski definition) is 4. The van der Waals surface area contributed by atoms with Crippen LogP contribution in [0.5, 0.6) is 0 Å². The number of carbonyl (C=O) groups excluding carboxylic acids is 1. The van der Waals surface area contributed by atoms with Gasteiger partial charge in [0.25, 0.3) is 0 Å². The van der Waals surface area contributed by atoms with Crippen molar-refractivity contribution in [2.24, 2.45) is 5.92 Å². The second-order valence-electron chi connectivity index (χ2n) is 4.24. The van der Waals surface area contributed by atoms with Crippen LogP contribution in [0, 0.1) is 5.92 Å². The second-order valence-corrected chi connectivity index (χ2v) is 5.39. The molecule has 1 atom stereocenters. The summed E-state index contributed by atoms with van der Waals surface area (Å²) in [7, 11) is 0. The number of nitrogens with zero attached hydrogens (tertiary/aromatic N) is 1. The van der Waals surface area contributed by atoms with Gasteiger partial charge in [-0.15, -0.1) is 0 Å². The minimum Gasteiger partial charge on any atom is -0.480 e. The Hall–Kier alpha value is -0.750. The van der Waals surface area contributed by atoms with E-state index in [4.69, 9.17) is 5.11 Å². The average Bonchev–Trinajstić information content (AvgIpc) is 2.23. The molecule has 0 aliphatic carbocycles. The van der Waals surface area contributed by atoms with Gasteiger partial charge in [-0.2, -0.15) is 11.8 Å². The number of amides is 1. The molecular formula is C10H16N2O3S. The van der Waals surface area contributed by atoms with Gasteiger partial charge in [-0.3, -0.25) is 4.79 Å². The van der Waals surface area contributed by atoms with Crippen LogP contribution in [-0.4, -0.2) is 59.1 Å². The van der Waals surface area contributed by atoms with Crippen molar-refractivity contribution in [3.8, 4) is 0 Å². The van der Waals surface area contributed by atoms with Gasteiger partial charge in [0.15, 0.2) is 0 Å². The Morgan fingerprint density at radius 2 is 2.19 bits per heavy atom. The summed E-state index contributed by atoms with van der Waals surface area (Å²) in [6, 6.07) is -0.626. The van der Waals surface area contributed by atoms with Crippen LogP contribution in [-0.2, 0) is 9.59 Å². The predicted octanol–water partition coefficient (Wildman–Crippen LogP) is -0.375. The summed E-state index contributed by atoms with van der Waals surface area (Å²) >= 11 is 1.60. The molecule has 0 bridgehead atoms. The molecule has 5 nitrogen and oxygen atoms in total. The fourth-order valence-electron chi connectivity index (χ4n) is 1.96. The summed E-state index contributed by atoms with van der Waals surface area (Å²) in [6.07, 6.45) is 0.488. The van der Waals surface area contributed by atoms with Crippen LogP contribution in [0.4, 0.5) is 0 Å². The third kappa shape index (κ3) is 2.49. The van der Waals surface area contributed by atoms with E-state index in [9.17, 15) is 9.59 Å². The van der Waals surface area contributed by atoms with E-state index < -0.39 is 12.0 Å². The van der Waals surface area contributed by atoms with Gasteiger partial charge in [0, 0.05) is 24.5 Å². The van der Waals surface area contributed by atoms with Crippen LogP contribution in [0.3, 0.4) is 0 Å². The van der Waals surface area contributed by atoms with Crippen molar-refractivity contribution >= 4 is 23.6 Å². The molecule has 0 aromatic rings. The molecule has 0 saturated carbocycles. The number of aliphatic carboxylic acids is 1. The zero-order valence-electron chi connectivity index (χ0n) is 9.02. The average molecular weight is 244 g/mol. The molecule has 2 aliphatic rings. The van der Waals surface area contributed by atoms with Crippen LogP contribution in [0.25, 0.3) is 0 Å². The summed E-state index contributed by atoms with van der Waals surface area (Å²) in [5.74, 6) is 0.880. The fraction of sp³-hybridized carbons (Fsp3) is 0.800. The van der Waals surface area contributed by atoms with Gasteiger partial charge in [0.05, 0.1) is 0 Å². The van der Waals surface area contributed by atoms with Gasteiger partial charge in [-0.25, -0.2) is 4.79 Å². The second kappa shape index (κ2) is 5.05. The molecule has 0 radical (unpaired) electrons. The van der Waals surface area contributed by atoms with Crippen LogP contribution in [0.1, 0.15) is 6.42 Å². The first-order valence-corrected chi connectivity index (χ1v) is 6.64. The topological polar surface area (TPSA) is 69.6 Å². The highest BCUT2D eigenvalue weighted by atomic mass is 32.2. The molecule has 2 rings (SSSR count). The van der Waals surface area contributed by atoms with E-state index in [1.54, 1.807) is 11.8 Å². The first-order chi connectivity index (χ1) is 7.68. The van der Waals surface area contributed by atoms with Crippen LogP contribution < -0.4 is 5.32 Å². The Morgan fingerprint density at radius 1 is 1.44 bits per heavy atom. The van der Waals surface area contributed by atoms with Gasteiger partial charge in [0.2, 0.25) is 5.91 Å². The van der Waals surface area contributed by atoms with Crippen molar-refractivity contribution in [2.45, 2.75) is 12.5 Å². The summed E-state index contributed by atoms with van der Waals surface area (Å²) in [5.41, 5.74) is 0. The maximum atomic E-state index is 11.9. The van der Waals surface area contributed by atoms with Crippen LogP contribution in [0.2, 0.25) is 0 Å². The predicted molar refractivity (Wildman–Crippen MR) is 61.4 cm³/mol. The Bertz CT molecular complexity index is 294. The maximum absolute atomic E-state index is 11.9. The van der Waals surface area contributed by atoms with E-state index in [2.05, 4.69) is 5.32 Å². The lowest BCUT2D eigenvalue weighted by atomic mass is 9.98. The van der Waals surface area contributed by atoms with E-state index >= 15 is 0 Å². The minimum absolute atomic E-state index is 0.000741. The van der Waals surface area contributed by atoms with Crippen LogP contribution in [0.15, 0.2) is 0 Å². The van der Waals surface area contributed by atoms with Gasteiger partial charge >= 0.3 is 5.97 Å². The van der Waals surface area contributed by atoms with E-state index in [0.717, 1.165) is 18.8 Å². The normalized spacial score (nSPS) is 26.2. The smallest absolute Gasteiger partial charge is 0.327 e. The quantitative estimate of drug-likeness (QED) is 0.708. The number of nitrogens with one attached hydrogen (secondary N) is 1.